The molecule has 1 N–H and O–H groups in total. The molecule has 1 aliphatic heterocycles. The Hall–Kier alpha value is -0.900. The Morgan fingerprint density at radius 3 is 2.46 bits per heavy atom. The molecule has 4 nitrogen and oxygen atoms in total. The molecule has 74 valence electrons. The minimum Gasteiger partial charge on any atom is -0.372 e. The average molecular weight is 185 g/mol. The molecule has 0 aromatic rings. The molecular formula is C9H15NO3. The Balaban J connectivity index is 2.69. The van der Waals surface area contributed by atoms with Gasteiger partial charge in [-0.05, 0) is 12.3 Å². The molecule has 1 saturated heterocycles. The van der Waals surface area contributed by atoms with E-state index in [1.54, 1.807) is 0 Å². The van der Waals surface area contributed by atoms with E-state index in [9.17, 15) is 9.59 Å². The summed E-state index contributed by atoms with van der Waals surface area (Å²) >= 11 is 0. The van der Waals surface area contributed by atoms with Gasteiger partial charge in [-0.3, -0.25) is 14.9 Å². The van der Waals surface area contributed by atoms with Crippen molar-refractivity contribution >= 4 is 11.8 Å². The van der Waals surface area contributed by atoms with Crippen molar-refractivity contribution in [2.45, 2.75) is 26.4 Å². The van der Waals surface area contributed by atoms with Gasteiger partial charge >= 0.3 is 0 Å². The summed E-state index contributed by atoms with van der Waals surface area (Å²) in [4.78, 5) is 22.5. The molecular weight excluding hydrogens is 170 g/mol. The van der Waals surface area contributed by atoms with Crippen LogP contribution in [0.2, 0.25) is 0 Å². The van der Waals surface area contributed by atoms with Crippen LogP contribution in [0.15, 0.2) is 0 Å². The number of carbonyl (C=O) groups excluding carboxylic acids is 2. The van der Waals surface area contributed by atoms with E-state index in [1.165, 1.54) is 7.11 Å². The topological polar surface area (TPSA) is 55.4 Å². The predicted molar refractivity (Wildman–Crippen MR) is 46.9 cm³/mol. The minimum absolute atomic E-state index is 0.109. The highest BCUT2D eigenvalue weighted by molar-refractivity contribution is 6.01. The molecule has 1 aliphatic rings. The largest absolute Gasteiger partial charge is 0.372 e. The van der Waals surface area contributed by atoms with Gasteiger partial charge in [0.2, 0.25) is 5.91 Å². The van der Waals surface area contributed by atoms with Crippen LogP contribution >= 0.6 is 0 Å². The fraction of sp³-hybridized carbons (Fsp3) is 0.778. The Bertz CT molecular complexity index is 225. The number of hydrogen-bond acceptors (Lipinski definition) is 3. The van der Waals surface area contributed by atoms with Gasteiger partial charge in [0.25, 0.3) is 5.91 Å². The maximum absolute atomic E-state index is 11.3. The van der Waals surface area contributed by atoms with Gasteiger partial charge in [0.15, 0.2) is 0 Å². The maximum Gasteiger partial charge on any atom is 0.255 e. The Kier molecular flexibility index (Phi) is 3.03. The first-order chi connectivity index (χ1) is 6.06. The number of rotatable bonds is 2. The number of carbonyl (C=O) groups is 2. The first-order valence-corrected chi connectivity index (χ1v) is 4.43. The van der Waals surface area contributed by atoms with E-state index in [0.29, 0.717) is 6.42 Å². The van der Waals surface area contributed by atoms with E-state index in [2.05, 4.69) is 5.32 Å². The van der Waals surface area contributed by atoms with Gasteiger partial charge in [-0.15, -0.1) is 0 Å². The van der Waals surface area contributed by atoms with Crippen molar-refractivity contribution < 1.29 is 14.3 Å². The summed E-state index contributed by atoms with van der Waals surface area (Å²) in [5.74, 6) is -0.355. The summed E-state index contributed by atoms with van der Waals surface area (Å²) in [6, 6.07) is 0. The molecule has 0 bridgehead atoms. The van der Waals surface area contributed by atoms with Gasteiger partial charge in [-0.25, -0.2) is 0 Å². The van der Waals surface area contributed by atoms with E-state index >= 15 is 0 Å². The molecule has 0 aromatic heterocycles. The Morgan fingerprint density at radius 2 is 2.00 bits per heavy atom. The number of imide groups is 1. The van der Waals surface area contributed by atoms with Crippen molar-refractivity contribution in [2.75, 3.05) is 7.11 Å². The monoisotopic (exact) mass is 185 g/mol. The summed E-state index contributed by atoms with van der Waals surface area (Å²) < 4.78 is 4.97. The van der Waals surface area contributed by atoms with Crippen LogP contribution in [0.1, 0.15) is 20.3 Å². The molecule has 0 saturated carbocycles. The van der Waals surface area contributed by atoms with Crippen LogP contribution in [0, 0.1) is 11.8 Å². The minimum atomic E-state index is -0.468. The molecule has 2 atom stereocenters. The predicted octanol–water partition coefficient (Wildman–Crippen LogP) is 0.320. The third kappa shape index (κ3) is 2.06. The molecule has 1 fully saturated rings. The van der Waals surface area contributed by atoms with E-state index in [-0.39, 0.29) is 23.7 Å². The normalized spacial score (nSPS) is 29.2. The van der Waals surface area contributed by atoms with Crippen molar-refractivity contribution in [1.29, 1.82) is 0 Å². The van der Waals surface area contributed by atoms with Gasteiger partial charge in [-0.2, -0.15) is 0 Å². The second-order valence-electron chi connectivity index (χ2n) is 3.66. The summed E-state index contributed by atoms with van der Waals surface area (Å²) in [6.07, 6.45) is 0.0313. The molecule has 0 aromatic carbocycles. The van der Waals surface area contributed by atoms with Crippen LogP contribution in [-0.4, -0.2) is 25.0 Å². The zero-order chi connectivity index (χ0) is 10.0. The van der Waals surface area contributed by atoms with Crippen LogP contribution in [-0.2, 0) is 14.3 Å². The second kappa shape index (κ2) is 3.87. The first-order valence-electron chi connectivity index (χ1n) is 4.43. The van der Waals surface area contributed by atoms with E-state index in [4.69, 9.17) is 4.74 Å². The van der Waals surface area contributed by atoms with Crippen LogP contribution in [0.3, 0.4) is 0 Å². The maximum atomic E-state index is 11.3. The second-order valence-corrected chi connectivity index (χ2v) is 3.66. The summed E-state index contributed by atoms with van der Waals surface area (Å²) in [6.45, 7) is 3.93. The third-order valence-corrected chi connectivity index (χ3v) is 2.43. The lowest BCUT2D eigenvalue weighted by atomic mass is 9.86. The Morgan fingerprint density at radius 1 is 1.38 bits per heavy atom. The number of methoxy groups -OCH3 is 1. The van der Waals surface area contributed by atoms with Crippen molar-refractivity contribution in [3.8, 4) is 0 Å². The zero-order valence-corrected chi connectivity index (χ0v) is 8.16. The third-order valence-electron chi connectivity index (χ3n) is 2.43. The van der Waals surface area contributed by atoms with Crippen LogP contribution in [0.4, 0.5) is 0 Å². The molecule has 1 rings (SSSR count). The average Bonchev–Trinajstić information content (AvgIpc) is 2.03. The quantitative estimate of drug-likeness (QED) is 0.630. The highest BCUT2D eigenvalue weighted by Crippen LogP contribution is 2.22. The number of piperidine rings is 1. The van der Waals surface area contributed by atoms with E-state index < -0.39 is 6.10 Å². The van der Waals surface area contributed by atoms with Gasteiger partial charge in [0, 0.05) is 13.0 Å². The van der Waals surface area contributed by atoms with Gasteiger partial charge in [-0.1, -0.05) is 13.8 Å². The molecule has 0 spiro atoms. The van der Waals surface area contributed by atoms with Gasteiger partial charge in [0.1, 0.15) is 6.10 Å². The zero-order valence-electron chi connectivity index (χ0n) is 8.16. The first kappa shape index (κ1) is 10.2. The molecule has 0 aliphatic carbocycles. The van der Waals surface area contributed by atoms with Crippen molar-refractivity contribution in [3.63, 3.8) is 0 Å². The summed E-state index contributed by atoms with van der Waals surface area (Å²) in [7, 11) is 1.48. The summed E-state index contributed by atoms with van der Waals surface area (Å²) in [5, 5.41) is 2.31. The summed E-state index contributed by atoms with van der Waals surface area (Å²) in [5.41, 5.74) is 0. The highest BCUT2D eigenvalue weighted by Gasteiger charge is 2.35. The van der Waals surface area contributed by atoms with Gasteiger partial charge < -0.3 is 4.74 Å². The highest BCUT2D eigenvalue weighted by atomic mass is 16.5. The van der Waals surface area contributed by atoms with Gasteiger partial charge in [0.05, 0.1) is 0 Å². The molecule has 0 radical (unpaired) electrons. The lowest BCUT2D eigenvalue weighted by Gasteiger charge is -2.28. The SMILES string of the molecule is COC1CC(C(C)C)C(=O)NC1=O. The van der Waals surface area contributed by atoms with E-state index in [0.717, 1.165) is 0 Å². The van der Waals surface area contributed by atoms with Crippen molar-refractivity contribution in [2.24, 2.45) is 11.8 Å². The number of nitrogens with one attached hydrogen (secondary N) is 1. The lowest BCUT2D eigenvalue weighted by molar-refractivity contribution is -0.146. The van der Waals surface area contributed by atoms with Crippen molar-refractivity contribution in [1.82, 2.24) is 5.32 Å². The smallest absolute Gasteiger partial charge is 0.255 e. The van der Waals surface area contributed by atoms with E-state index in [1.807, 2.05) is 13.8 Å². The molecule has 4 heteroatoms. The number of amides is 2. The van der Waals surface area contributed by atoms with Crippen molar-refractivity contribution in [3.05, 3.63) is 0 Å². The number of hydrogen-bond donors (Lipinski definition) is 1. The lowest BCUT2D eigenvalue weighted by Crippen LogP contribution is -2.50. The number of ether oxygens (including phenoxy) is 1. The Labute approximate surface area is 77.6 Å². The van der Waals surface area contributed by atoms with Crippen LogP contribution in [0.25, 0.3) is 0 Å². The fourth-order valence-electron chi connectivity index (χ4n) is 1.52. The standard InChI is InChI=1S/C9H15NO3/c1-5(2)6-4-7(13-3)9(12)10-8(6)11/h5-7H,4H2,1-3H3,(H,10,11,12). The molecule has 2 amide bonds. The van der Waals surface area contributed by atoms with Crippen LogP contribution < -0.4 is 5.32 Å². The molecule has 1 heterocycles. The van der Waals surface area contributed by atoms with Crippen LogP contribution in [0.5, 0.6) is 0 Å². The molecule has 2 unspecified atom stereocenters. The fourth-order valence-corrected chi connectivity index (χ4v) is 1.52. The molecule has 13 heavy (non-hydrogen) atoms.